The van der Waals surface area contributed by atoms with E-state index in [2.05, 4.69) is 20.8 Å². The molecular formula is C29H42O7. The van der Waals surface area contributed by atoms with Crippen molar-refractivity contribution >= 4 is 23.7 Å². The van der Waals surface area contributed by atoms with Gasteiger partial charge < -0.3 is 14.2 Å². The molecule has 3 saturated carbocycles. The molecule has 0 amide bonds. The molecule has 0 spiro atoms. The molecule has 0 bridgehead atoms. The van der Waals surface area contributed by atoms with E-state index < -0.39 is 0 Å². The molecule has 0 aromatic rings. The Labute approximate surface area is 214 Å². The van der Waals surface area contributed by atoms with Crippen LogP contribution in [0.15, 0.2) is 11.6 Å². The van der Waals surface area contributed by atoms with E-state index >= 15 is 0 Å². The van der Waals surface area contributed by atoms with E-state index in [1.807, 2.05) is 6.08 Å². The summed E-state index contributed by atoms with van der Waals surface area (Å²) in [6, 6.07) is 0. The second kappa shape index (κ2) is 9.94. The second-order valence-electron chi connectivity index (χ2n) is 12.2. The number of ketones is 1. The zero-order valence-electron chi connectivity index (χ0n) is 22.6. The molecule has 0 saturated heterocycles. The number of carbonyl (C=O) groups is 4. The first kappa shape index (κ1) is 26.9. The summed E-state index contributed by atoms with van der Waals surface area (Å²) < 4.78 is 16.4. The second-order valence-corrected chi connectivity index (χ2v) is 12.2. The third-order valence-electron chi connectivity index (χ3n) is 10.2. The fourth-order valence-electron chi connectivity index (χ4n) is 8.59. The highest BCUT2D eigenvalue weighted by Gasteiger charge is 2.64. The normalized spacial score (nSPS) is 40.2. The first-order valence-corrected chi connectivity index (χ1v) is 13.6. The molecule has 4 rings (SSSR count). The maximum absolute atomic E-state index is 13.7. The van der Waals surface area contributed by atoms with Gasteiger partial charge in [0, 0.05) is 32.1 Å². The number of hydrogen-bond donors (Lipinski definition) is 0. The number of hydrogen-bond acceptors (Lipinski definition) is 7. The van der Waals surface area contributed by atoms with Crippen molar-refractivity contribution in [2.45, 2.75) is 98.2 Å². The summed E-state index contributed by atoms with van der Waals surface area (Å²) in [5.41, 5.74) is 0.843. The lowest BCUT2D eigenvalue weighted by Crippen LogP contribution is -2.60. The first-order chi connectivity index (χ1) is 16.9. The molecule has 0 aliphatic heterocycles. The summed E-state index contributed by atoms with van der Waals surface area (Å²) in [6.07, 6.45) is 7.51. The summed E-state index contributed by atoms with van der Waals surface area (Å²) >= 11 is 0. The van der Waals surface area contributed by atoms with Gasteiger partial charge in [0.15, 0.2) is 5.78 Å². The van der Waals surface area contributed by atoms with E-state index in [4.69, 9.17) is 14.2 Å². The molecule has 9 atom stereocenters. The summed E-state index contributed by atoms with van der Waals surface area (Å²) in [4.78, 5) is 49.3. The Morgan fingerprint density at radius 3 is 2.39 bits per heavy atom. The van der Waals surface area contributed by atoms with Gasteiger partial charge in [-0.3, -0.25) is 19.2 Å². The lowest BCUT2D eigenvalue weighted by atomic mass is 9.43. The predicted molar refractivity (Wildman–Crippen MR) is 132 cm³/mol. The van der Waals surface area contributed by atoms with Crippen molar-refractivity contribution in [2.24, 2.45) is 40.4 Å². The van der Waals surface area contributed by atoms with Crippen molar-refractivity contribution < 1.29 is 33.4 Å². The van der Waals surface area contributed by atoms with Crippen LogP contribution < -0.4 is 0 Å². The zero-order chi connectivity index (χ0) is 26.4. The topological polar surface area (TPSA) is 96.0 Å². The largest absolute Gasteiger partial charge is 0.469 e. The molecular weight excluding hydrogens is 460 g/mol. The van der Waals surface area contributed by atoms with Gasteiger partial charge in [-0.15, -0.1) is 0 Å². The third kappa shape index (κ3) is 4.63. The number of rotatable bonds is 6. The smallest absolute Gasteiger partial charge is 0.305 e. The molecule has 7 nitrogen and oxygen atoms in total. The van der Waals surface area contributed by atoms with Crippen LogP contribution in [0.3, 0.4) is 0 Å². The van der Waals surface area contributed by atoms with Crippen LogP contribution in [0.4, 0.5) is 0 Å². The van der Waals surface area contributed by atoms with Crippen LogP contribution in [0.2, 0.25) is 0 Å². The molecule has 4 aliphatic rings. The van der Waals surface area contributed by atoms with Gasteiger partial charge >= 0.3 is 17.9 Å². The third-order valence-corrected chi connectivity index (χ3v) is 10.2. The molecule has 36 heavy (non-hydrogen) atoms. The van der Waals surface area contributed by atoms with Crippen molar-refractivity contribution in [1.29, 1.82) is 0 Å². The SMILES string of the molecule is COC(=O)CC[C@@H](C)C1=CC(=O)[C@H]2C3C(CC[C@]12C)[C@@]1(C)CC[C@@H](OC(C)=O)C[C@H]1C[C@H]3OC(C)=O. The van der Waals surface area contributed by atoms with Gasteiger partial charge in [-0.25, -0.2) is 0 Å². The Balaban J connectivity index is 1.63. The Kier molecular flexibility index (Phi) is 7.42. The standard InChI is InChI=1S/C29H42O7/c1-16(7-8-25(33)34-6)22-15-23(32)27-26-21(10-12-29(22,27)5)28(4)11-9-20(35-17(2)30)13-19(28)14-24(26)36-18(3)31/h15-16,19-21,24,26-27H,7-14H2,1-6H3/t16-,19+,20-,21?,24-,26?,27+,28+,29-/m1/s1. The summed E-state index contributed by atoms with van der Waals surface area (Å²) in [6.45, 7) is 9.55. The molecule has 4 aliphatic carbocycles. The minimum atomic E-state index is -0.326. The van der Waals surface area contributed by atoms with E-state index in [0.717, 1.165) is 37.7 Å². The maximum Gasteiger partial charge on any atom is 0.305 e. The summed E-state index contributed by atoms with van der Waals surface area (Å²) in [5.74, 6) is -0.285. The van der Waals surface area contributed by atoms with E-state index in [1.54, 1.807) is 0 Å². The molecule has 0 radical (unpaired) electrons. The van der Waals surface area contributed by atoms with Gasteiger partial charge in [-0.2, -0.15) is 0 Å². The molecule has 7 heteroatoms. The molecule has 200 valence electrons. The van der Waals surface area contributed by atoms with Gasteiger partial charge in [-0.1, -0.05) is 26.3 Å². The number of esters is 3. The number of allylic oxidation sites excluding steroid dienone is 2. The maximum atomic E-state index is 13.7. The Morgan fingerprint density at radius 1 is 1.06 bits per heavy atom. The van der Waals surface area contributed by atoms with Gasteiger partial charge in [0.05, 0.1) is 7.11 Å². The molecule has 0 aromatic heterocycles. The zero-order valence-corrected chi connectivity index (χ0v) is 22.6. The highest BCUT2D eigenvalue weighted by Crippen LogP contribution is 2.67. The van der Waals surface area contributed by atoms with E-state index in [-0.39, 0.29) is 76.3 Å². The van der Waals surface area contributed by atoms with Crippen molar-refractivity contribution in [3.8, 4) is 0 Å². The molecule has 0 aromatic carbocycles. The minimum absolute atomic E-state index is 0.0127. The lowest BCUT2D eigenvalue weighted by Gasteiger charge is -2.62. The van der Waals surface area contributed by atoms with Gasteiger partial charge in [0.1, 0.15) is 12.2 Å². The Bertz CT molecular complexity index is 953. The van der Waals surface area contributed by atoms with E-state index in [1.165, 1.54) is 21.0 Å². The van der Waals surface area contributed by atoms with Crippen LogP contribution in [-0.2, 0) is 33.4 Å². The molecule has 2 unspecified atom stereocenters. The molecule has 0 N–H and O–H groups in total. The predicted octanol–water partition coefficient (Wildman–Crippen LogP) is 4.81. The van der Waals surface area contributed by atoms with Crippen molar-refractivity contribution in [3.05, 3.63) is 11.6 Å². The average Bonchev–Trinajstić information content (AvgIpc) is 3.08. The van der Waals surface area contributed by atoms with Crippen LogP contribution in [0, 0.1) is 40.4 Å². The Morgan fingerprint density at radius 2 is 1.75 bits per heavy atom. The number of fused-ring (bicyclic) bond motifs is 5. The van der Waals surface area contributed by atoms with Crippen LogP contribution >= 0.6 is 0 Å². The van der Waals surface area contributed by atoms with Crippen molar-refractivity contribution in [1.82, 2.24) is 0 Å². The highest BCUT2D eigenvalue weighted by atomic mass is 16.5. The summed E-state index contributed by atoms with van der Waals surface area (Å²) in [7, 11) is 1.40. The number of ether oxygens (including phenoxy) is 3. The van der Waals surface area contributed by atoms with E-state index in [0.29, 0.717) is 19.3 Å². The van der Waals surface area contributed by atoms with E-state index in [9.17, 15) is 19.2 Å². The quantitative estimate of drug-likeness (QED) is 0.380. The molecule has 3 fully saturated rings. The number of methoxy groups -OCH3 is 1. The minimum Gasteiger partial charge on any atom is -0.469 e. The van der Waals surface area contributed by atoms with Crippen LogP contribution in [0.25, 0.3) is 0 Å². The monoisotopic (exact) mass is 502 g/mol. The fraction of sp³-hybridized carbons (Fsp3) is 0.793. The molecule has 0 heterocycles. The van der Waals surface area contributed by atoms with Crippen molar-refractivity contribution in [3.63, 3.8) is 0 Å². The Hall–Kier alpha value is -2.18. The van der Waals surface area contributed by atoms with Crippen LogP contribution in [0.5, 0.6) is 0 Å². The number of carbonyl (C=O) groups excluding carboxylic acids is 4. The summed E-state index contributed by atoms with van der Waals surface area (Å²) in [5, 5.41) is 0. The fourth-order valence-corrected chi connectivity index (χ4v) is 8.59. The van der Waals surface area contributed by atoms with Crippen molar-refractivity contribution in [2.75, 3.05) is 7.11 Å². The van der Waals surface area contributed by atoms with Crippen LogP contribution in [0.1, 0.15) is 86.0 Å². The lowest BCUT2D eigenvalue weighted by molar-refractivity contribution is -0.193. The van der Waals surface area contributed by atoms with Gasteiger partial charge in [-0.05, 0) is 79.6 Å². The van der Waals surface area contributed by atoms with Crippen LogP contribution in [-0.4, -0.2) is 43.0 Å². The highest BCUT2D eigenvalue weighted by molar-refractivity contribution is 5.97. The first-order valence-electron chi connectivity index (χ1n) is 13.6. The average molecular weight is 503 g/mol. The van der Waals surface area contributed by atoms with Gasteiger partial charge in [0.25, 0.3) is 0 Å². The van der Waals surface area contributed by atoms with Gasteiger partial charge in [0.2, 0.25) is 0 Å².